The molecule has 0 amide bonds. The van der Waals surface area contributed by atoms with Crippen LogP contribution in [0.1, 0.15) is 20.3 Å². The van der Waals surface area contributed by atoms with Crippen LogP contribution < -0.4 is 0 Å². The Hall–Kier alpha value is 0.300. The van der Waals surface area contributed by atoms with E-state index in [1.807, 2.05) is 0 Å². The predicted octanol–water partition coefficient (Wildman–Crippen LogP) is 2.88. The fourth-order valence-corrected chi connectivity index (χ4v) is 7.33. The van der Waals surface area contributed by atoms with Gasteiger partial charge in [0, 0.05) is 28.4 Å². The minimum atomic E-state index is -3.33. The molecule has 0 aromatic rings. The van der Waals surface area contributed by atoms with Gasteiger partial charge in [-0.25, -0.2) is 0 Å². The molecule has 1 fully saturated rings. The van der Waals surface area contributed by atoms with Crippen molar-refractivity contribution in [2.75, 3.05) is 28.4 Å². The molecule has 0 aromatic carbocycles. The van der Waals surface area contributed by atoms with E-state index in [4.69, 9.17) is 18.1 Å². The Morgan fingerprint density at radius 3 is 1.18 bits per heavy atom. The molecule has 6 nitrogen and oxygen atoms in total. The van der Waals surface area contributed by atoms with Crippen molar-refractivity contribution in [3.63, 3.8) is 0 Å². The number of hydrogen-bond donors (Lipinski definition) is 0. The zero-order valence-electron chi connectivity index (χ0n) is 11.1. The Morgan fingerprint density at radius 2 is 1.00 bits per heavy atom. The molecule has 8 heteroatoms. The summed E-state index contributed by atoms with van der Waals surface area (Å²) in [6.07, 6.45) is 0.401. The van der Waals surface area contributed by atoms with Gasteiger partial charge in [0.15, 0.2) is 0 Å². The summed E-state index contributed by atoms with van der Waals surface area (Å²) in [5.74, 6) is 0. The van der Waals surface area contributed by atoms with Crippen LogP contribution in [0.5, 0.6) is 0 Å². The molecule has 2 atom stereocenters. The van der Waals surface area contributed by atoms with Crippen LogP contribution in [-0.2, 0) is 27.2 Å². The molecule has 1 saturated carbocycles. The first-order valence-electron chi connectivity index (χ1n) is 5.13. The third-order valence-electron chi connectivity index (χ3n) is 3.89. The molecule has 0 bridgehead atoms. The van der Waals surface area contributed by atoms with E-state index in [0.717, 1.165) is 0 Å². The first-order valence-corrected chi connectivity index (χ1v) is 8.22. The second kappa shape index (κ2) is 4.44. The van der Waals surface area contributed by atoms with E-state index >= 15 is 0 Å². The van der Waals surface area contributed by atoms with Crippen molar-refractivity contribution in [1.82, 2.24) is 0 Å². The molecule has 0 N–H and O–H groups in total. The lowest BCUT2D eigenvalue weighted by Crippen LogP contribution is -2.23. The van der Waals surface area contributed by atoms with Crippen molar-refractivity contribution < 1.29 is 27.2 Å². The van der Waals surface area contributed by atoms with Gasteiger partial charge in [-0.1, -0.05) is 0 Å². The fourth-order valence-electron chi connectivity index (χ4n) is 2.36. The second-order valence-corrected chi connectivity index (χ2v) is 9.87. The topological polar surface area (TPSA) is 71.1 Å². The molecule has 102 valence electrons. The molecule has 1 aliphatic carbocycles. The van der Waals surface area contributed by atoms with Crippen LogP contribution >= 0.6 is 15.2 Å². The normalized spacial score (nSPS) is 33.8. The maximum atomic E-state index is 12.5. The molecular weight excluding hydrogens is 266 g/mol. The van der Waals surface area contributed by atoms with Gasteiger partial charge in [0.1, 0.15) is 0 Å². The molecule has 0 aliphatic heterocycles. The average Bonchev–Trinajstić information content (AvgIpc) is 2.93. The van der Waals surface area contributed by atoms with E-state index in [9.17, 15) is 9.13 Å². The highest BCUT2D eigenvalue weighted by molar-refractivity contribution is 7.62. The molecule has 0 spiro atoms. The Labute approximate surface area is 102 Å². The summed E-state index contributed by atoms with van der Waals surface area (Å²) in [5.41, 5.74) is 0. The first kappa shape index (κ1) is 15.4. The largest absolute Gasteiger partial charge is 0.337 e. The summed E-state index contributed by atoms with van der Waals surface area (Å²) in [7, 11) is -1.39. The SMILES string of the molecule is COP(=O)(OC)[C@@]1(C)C[C@@]1(C)P(=O)(OC)OC. The summed E-state index contributed by atoms with van der Waals surface area (Å²) in [4.78, 5) is 0. The Kier molecular flexibility index (Phi) is 4.02. The van der Waals surface area contributed by atoms with Crippen molar-refractivity contribution in [2.45, 2.75) is 30.6 Å². The van der Waals surface area contributed by atoms with E-state index < -0.39 is 25.5 Å². The van der Waals surface area contributed by atoms with Gasteiger partial charge in [-0.15, -0.1) is 0 Å². The molecule has 0 radical (unpaired) electrons. The van der Waals surface area contributed by atoms with Crippen molar-refractivity contribution in [3.8, 4) is 0 Å². The van der Waals surface area contributed by atoms with Crippen molar-refractivity contribution in [1.29, 1.82) is 0 Å². The predicted molar refractivity (Wildman–Crippen MR) is 64.7 cm³/mol. The highest BCUT2D eigenvalue weighted by Crippen LogP contribution is 2.86. The highest BCUT2D eigenvalue weighted by atomic mass is 31.2. The van der Waals surface area contributed by atoms with Gasteiger partial charge in [-0.2, -0.15) is 0 Å². The van der Waals surface area contributed by atoms with Crippen LogP contribution in [0.15, 0.2) is 0 Å². The van der Waals surface area contributed by atoms with Crippen LogP contribution in [-0.4, -0.2) is 38.8 Å². The lowest BCUT2D eigenvalue weighted by Gasteiger charge is -2.28. The molecule has 0 unspecified atom stereocenters. The van der Waals surface area contributed by atoms with Crippen molar-refractivity contribution >= 4 is 15.2 Å². The fraction of sp³-hybridized carbons (Fsp3) is 1.00. The third kappa shape index (κ3) is 1.78. The smallest absolute Gasteiger partial charge is 0.312 e. The average molecular weight is 286 g/mol. The molecule has 1 rings (SSSR count). The Bertz CT molecular complexity index is 345. The number of hydrogen-bond acceptors (Lipinski definition) is 6. The maximum absolute atomic E-state index is 12.5. The minimum absolute atomic E-state index is 0.401. The summed E-state index contributed by atoms with van der Waals surface area (Å²) < 4.78 is 44.9. The quantitative estimate of drug-likeness (QED) is 0.699. The molecule has 0 aromatic heterocycles. The van der Waals surface area contributed by atoms with Crippen LogP contribution in [0.3, 0.4) is 0 Å². The van der Waals surface area contributed by atoms with E-state index in [-0.39, 0.29) is 0 Å². The van der Waals surface area contributed by atoms with Gasteiger partial charge < -0.3 is 18.1 Å². The van der Waals surface area contributed by atoms with E-state index in [0.29, 0.717) is 6.42 Å². The molecule has 0 saturated heterocycles. The van der Waals surface area contributed by atoms with E-state index in [1.165, 1.54) is 28.4 Å². The number of rotatable bonds is 6. The van der Waals surface area contributed by atoms with Gasteiger partial charge in [0.25, 0.3) is 0 Å². The van der Waals surface area contributed by atoms with Crippen LogP contribution in [0, 0.1) is 0 Å². The summed E-state index contributed by atoms with van der Waals surface area (Å²) in [6, 6.07) is 0. The lowest BCUT2D eigenvalue weighted by molar-refractivity contribution is 0.249. The van der Waals surface area contributed by atoms with Crippen molar-refractivity contribution in [2.24, 2.45) is 0 Å². The monoisotopic (exact) mass is 286 g/mol. The van der Waals surface area contributed by atoms with Gasteiger partial charge in [-0.3, -0.25) is 9.13 Å². The van der Waals surface area contributed by atoms with Gasteiger partial charge in [0.2, 0.25) is 0 Å². The molecular formula is C9H20O6P2. The van der Waals surface area contributed by atoms with Gasteiger partial charge in [0.05, 0.1) is 10.3 Å². The van der Waals surface area contributed by atoms with Crippen LogP contribution in [0.2, 0.25) is 0 Å². The lowest BCUT2D eigenvalue weighted by atomic mass is 10.4. The standard InChI is InChI=1S/C9H20O6P2/c1-8(16(10,12-3)13-4)7-9(8,2)17(11,14-5)15-6/h7H2,1-6H3/t8-,9+. The van der Waals surface area contributed by atoms with E-state index in [2.05, 4.69) is 0 Å². The summed E-state index contributed by atoms with van der Waals surface area (Å²) in [6.45, 7) is 3.43. The maximum Gasteiger partial charge on any atom is 0.337 e. The summed E-state index contributed by atoms with van der Waals surface area (Å²) in [5, 5.41) is -1.71. The van der Waals surface area contributed by atoms with E-state index in [1.54, 1.807) is 13.8 Å². The van der Waals surface area contributed by atoms with Crippen LogP contribution in [0.4, 0.5) is 0 Å². The second-order valence-electron chi connectivity index (χ2n) is 4.45. The third-order valence-corrected chi connectivity index (χ3v) is 9.71. The zero-order valence-corrected chi connectivity index (χ0v) is 12.8. The van der Waals surface area contributed by atoms with Crippen molar-refractivity contribution in [3.05, 3.63) is 0 Å². The zero-order chi connectivity index (χ0) is 13.5. The van der Waals surface area contributed by atoms with Gasteiger partial charge in [-0.05, 0) is 20.3 Å². The highest BCUT2D eigenvalue weighted by Gasteiger charge is 2.80. The minimum Gasteiger partial charge on any atom is -0.312 e. The Balaban J connectivity index is 3.17. The molecule has 1 aliphatic rings. The first-order chi connectivity index (χ1) is 7.70. The molecule has 17 heavy (non-hydrogen) atoms. The summed E-state index contributed by atoms with van der Waals surface area (Å²) >= 11 is 0. The van der Waals surface area contributed by atoms with Crippen LogP contribution in [0.25, 0.3) is 0 Å². The molecule has 0 heterocycles. The Morgan fingerprint density at radius 1 is 0.765 bits per heavy atom. The van der Waals surface area contributed by atoms with Gasteiger partial charge >= 0.3 is 15.2 Å².